The van der Waals surface area contributed by atoms with Crippen LogP contribution < -0.4 is 10.2 Å². The normalized spacial score (nSPS) is 26.0. The molecule has 3 heterocycles. The zero-order valence-electron chi connectivity index (χ0n) is 13.3. The maximum atomic E-state index is 4.57. The van der Waals surface area contributed by atoms with E-state index in [1.54, 1.807) is 0 Å². The van der Waals surface area contributed by atoms with Gasteiger partial charge >= 0.3 is 0 Å². The molecule has 0 spiro atoms. The molecule has 2 unspecified atom stereocenters. The van der Waals surface area contributed by atoms with Crippen molar-refractivity contribution in [3.63, 3.8) is 0 Å². The van der Waals surface area contributed by atoms with Crippen molar-refractivity contribution in [3.8, 4) is 0 Å². The van der Waals surface area contributed by atoms with E-state index in [0.717, 1.165) is 25.7 Å². The van der Waals surface area contributed by atoms with Crippen LogP contribution in [-0.4, -0.2) is 48.1 Å². The highest BCUT2D eigenvalue weighted by Gasteiger charge is 2.31. The Hall–Kier alpha value is -0.650. The molecule has 0 aliphatic carbocycles. The standard InChI is InChI=1S/C16H28N4S/c1-3-19(4-2)16-18-12-15(21-16)11-17-13-7-9-20-8-5-6-14(20)10-13/h12-14,17H,3-11H2,1-2H3. The second kappa shape index (κ2) is 7.07. The molecule has 1 aromatic rings. The first kappa shape index (κ1) is 15.3. The average Bonchev–Trinajstić information content (AvgIpc) is 3.15. The molecule has 0 aromatic carbocycles. The van der Waals surface area contributed by atoms with Gasteiger partial charge in [0.05, 0.1) is 0 Å². The molecule has 2 aliphatic heterocycles. The van der Waals surface area contributed by atoms with Crippen molar-refractivity contribution in [2.75, 3.05) is 31.1 Å². The van der Waals surface area contributed by atoms with Gasteiger partial charge in [0.1, 0.15) is 0 Å². The van der Waals surface area contributed by atoms with Gasteiger partial charge in [-0.3, -0.25) is 0 Å². The number of nitrogens with one attached hydrogen (secondary N) is 1. The largest absolute Gasteiger partial charge is 0.349 e. The highest BCUT2D eigenvalue weighted by molar-refractivity contribution is 7.15. The zero-order chi connectivity index (χ0) is 14.7. The molecule has 2 aliphatic rings. The van der Waals surface area contributed by atoms with E-state index >= 15 is 0 Å². The third-order valence-electron chi connectivity index (χ3n) is 4.96. The van der Waals surface area contributed by atoms with Gasteiger partial charge in [-0.25, -0.2) is 4.98 Å². The third-order valence-corrected chi connectivity index (χ3v) is 6.02. The molecule has 3 rings (SSSR count). The first-order chi connectivity index (χ1) is 10.3. The van der Waals surface area contributed by atoms with Crippen LogP contribution in [0.5, 0.6) is 0 Å². The van der Waals surface area contributed by atoms with Crippen LogP contribution in [-0.2, 0) is 6.54 Å². The number of anilines is 1. The molecule has 21 heavy (non-hydrogen) atoms. The molecule has 0 radical (unpaired) electrons. The Morgan fingerprint density at radius 1 is 1.33 bits per heavy atom. The first-order valence-corrected chi connectivity index (χ1v) is 9.28. The number of aromatic nitrogens is 1. The van der Waals surface area contributed by atoms with E-state index in [9.17, 15) is 0 Å². The molecule has 2 fully saturated rings. The third kappa shape index (κ3) is 3.58. The van der Waals surface area contributed by atoms with E-state index in [1.807, 2.05) is 11.3 Å². The quantitative estimate of drug-likeness (QED) is 0.875. The lowest BCUT2D eigenvalue weighted by molar-refractivity contribution is 0.166. The van der Waals surface area contributed by atoms with E-state index < -0.39 is 0 Å². The Bertz CT molecular complexity index is 443. The summed E-state index contributed by atoms with van der Waals surface area (Å²) < 4.78 is 0. The number of hydrogen-bond acceptors (Lipinski definition) is 5. The fraction of sp³-hybridized carbons (Fsp3) is 0.812. The summed E-state index contributed by atoms with van der Waals surface area (Å²) in [6.07, 6.45) is 7.50. The second-order valence-electron chi connectivity index (χ2n) is 6.22. The smallest absolute Gasteiger partial charge is 0.185 e. The number of piperidine rings is 1. The Labute approximate surface area is 132 Å². The van der Waals surface area contributed by atoms with Gasteiger partial charge in [0, 0.05) is 42.8 Å². The van der Waals surface area contributed by atoms with Crippen LogP contribution >= 0.6 is 11.3 Å². The van der Waals surface area contributed by atoms with Crippen LogP contribution in [0.15, 0.2) is 6.20 Å². The van der Waals surface area contributed by atoms with E-state index in [2.05, 4.69) is 40.1 Å². The SMILES string of the molecule is CCN(CC)c1ncc(CNC2CCN3CCCC3C2)s1. The number of thiazole rings is 1. The van der Waals surface area contributed by atoms with Gasteiger partial charge < -0.3 is 15.1 Å². The van der Waals surface area contributed by atoms with E-state index in [1.165, 1.54) is 48.8 Å². The van der Waals surface area contributed by atoms with Gasteiger partial charge in [-0.2, -0.15) is 0 Å². The zero-order valence-corrected chi connectivity index (χ0v) is 14.2. The van der Waals surface area contributed by atoms with E-state index in [4.69, 9.17) is 0 Å². The maximum Gasteiger partial charge on any atom is 0.185 e. The Kier molecular flexibility index (Phi) is 5.14. The topological polar surface area (TPSA) is 31.4 Å². The average molecular weight is 308 g/mol. The van der Waals surface area contributed by atoms with E-state index in [-0.39, 0.29) is 0 Å². The molecule has 0 amide bonds. The van der Waals surface area contributed by atoms with Crippen molar-refractivity contribution in [1.82, 2.24) is 15.2 Å². The lowest BCUT2D eigenvalue weighted by Crippen LogP contribution is -2.45. The summed E-state index contributed by atoms with van der Waals surface area (Å²) >= 11 is 1.84. The maximum absolute atomic E-state index is 4.57. The fourth-order valence-corrected chi connectivity index (χ4v) is 4.66. The summed E-state index contributed by atoms with van der Waals surface area (Å²) in [6.45, 7) is 10.1. The van der Waals surface area contributed by atoms with Crippen molar-refractivity contribution in [3.05, 3.63) is 11.1 Å². The second-order valence-corrected chi connectivity index (χ2v) is 7.31. The molecule has 4 nitrogen and oxygen atoms in total. The lowest BCUT2D eigenvalue weighted by Gasteiger charge is -2.35. The minimum Gasteiger partial charge on any atom is -0.349 e. The summed E-state index contributed by atoms with van der Waals surface area (Å²) in [5, 5.41) is 4.93. The predicted octanol–water partition coefficient (Wildman–Crippen LogP) is 2.71. The van der Waals surface area contributed by atoms with Crippen molar-refractivity contribution in [1.29, 1.82) is 0 Å². The number of hydrogen-bond donors (Lipinski definition) is 1. The Morgan fingerprint density at radius 2 is 2.19 bits per heavy atom. The van der Waals surface area contributed by atoms with Crippen LogP contribution in [0.25, 0.3) is 0 Å². The van der Waals surface area contributed by atoms with Crippen molar-refractivity contribution in [2.45, 2.75) is 58.2 Å². The van der Waals surface area contributed by atoms with Crippen LogP contribution in [0.2, 0.25) is 0 Å². The van der Waals surface area contributed by atoms with Gasteiger partial charge in [0.2, 0.25) is 0 Å². The van der Waals surface area contributed by atoms with Crippen LogP contribution in [0.4, 0.5) is 5.13 Å². The minimum atomic E-state index is 0.698. The summed E-state index contributed by atoms with van der Waals surface area (Å²) in [7, 11) is 0. The van der Waals surface area contributed by atoms with Gasteiger partial charge in [-0.1, -0.05) is 0 Å². The fourth-order valence-electron chi connectivity index (χ4n) is 3.67. The van der Waals surface area contributed by atoms with E-state index in [0.29, 0.717) is 6.04 Å². The summed E-state index contributed by atoms with van der Waals surface area (Å²) in [4.78, 5) is 10.9. The monoisotopic (exact) mass is 308 g/mol. The minimum absolute atomic E-state index is 0.698. The van der Waals surface area contributed by atoms with Gasteiger partial charge in [0.15, 0.2) is 5.13 Å². The number of nitrogens with zero attached hydrogens (tertiary/aromatic N) is 3. The molecular weight excluding hydrogens is 280 g/mol. The molecule has 2 atom stereocenters. The predicted molar refractivity (Wildman–Crippen MR) is 90.1 cm³/mol. The number of fused-ring (bicyclic) bond motifs is 1. The molecule has 1 N–H and O–H groups in total. The molecule has 2 saturated heterocycles. The molecule has 118 valence electrons. The Balaban J connectivity index is 1.49. The van der Waals surface area contributed by atoms with Gasteiger partial charge in [-0.15, -0.1) is 11.3 Å². The van der Waals surface area contributed by atoms with Gasteiger partial charge in [-0.05, 0) is 52.6 Å². The van der Waals surface area contributed by atoms with Crippen molar-refractivity contribution >= 4 is 16.5 Å². The lowest BCUT2D eigenvalue weighted by atomic mass is 9.97. The molecule has 0 saturated carbocycles. The highest BCUT2D eigenvalue weighted by atomic mass is 32.1. The first-order valence-electron chi connectivity index (χ1n) is 8.47. The summed E-state index contributed by atoms with van der Waals surface area (Å²) in [6, 6.07) is 1.55. The molecular formula is C16H28N4S. The van der Waals surface area contributed by atoms with Crippen LogP contribution in [0.3, 0.4) is 0 Å². The van der Waals surface area contributed by atoms with Crippen molar-refractivity contribution < 1.29 is 0 Å². The molecule has 0 bridgehead atoms. The number of rotatable bonds is 6. The van der Waals surface area contributed by atoms with Crippen LogP contribution in [0.1, 0.15) is 44.4 Å². The van der Waals surface area contributed by atoms with Crippen LogP contribution in [0, 0.1) is 0 Å². The summed E-state index contributed by atoms with van der Waals surface area (Å²) in [5.41, 5.74) is 0. The molecule has 1 aromatic heterocycles. The summed E-state index contributed by atoms with van der Waals surface area (Å²) in [5.74, 6) is 0. The van der Waals surface area contributed by atoms with Gasteiger partial charge in [0.25, 0.3) is 0 Å². The van der Waals surface area contributed by atoms with Crippen molar-refractivity contribution in [2.24, 2.45) is 0 Å². The molecule has 5 heteroatoms. The Morgan fingerprint density at radius 3 is 3.00 bits per heavy atom. The highest BCUT2D eigenvalue weighted by Crippen LogP contribution is 2.27.